The summed E-state index contributed by atoms with van der Waals surface area (Å²) in [7, 11) is -3.75. The molecule has 0 saturated heterocycles. The number of nitrogens with zero attached hydrogens (tertiary/aromatic N) is 2. The van der Waals surface area contributed by atoms with E-state index in [2.05, 4.69) is 14.9 Å². The van der Waals surface area contributed by atoms with Crippen molar-refractivity contribution in [1.82, 2.24) is 10.2 Å². The van der Waals surface area contributed by atoms with Gasteiger partial charge in [-0.05, 0) is 37.6 Å². The van der Waals surface area contributed by atoms with E-state index < -0.39 is 21.8 Å². The average Bonchev–Trinajstić information content (AvgIpc) is 2.39. The van der Waals surface area contributed by atoms with Crippen LogP contribution in [0.3, 0.4) is 0 Å². The Morgan fingerprint density at radius 2 is 1.74 bits per heavy atom. The van der Waals surface area contributed by atoms with Crippen LogP contribution < -0.4 is 4.72 Å². The van der Waals surface area contributed by atoms with Crippen molar-refractivity contribution in [1.29, 1.82) is 0 Å². The van der Waals surface area contributed by atoms with Crippen LogP contribution in [0.5, 0.6) is 0 Å². The normalized spacial score (nSPS) is 12.3. The Morgan fingerprint density at radius 1 is 1.09 bits per heavy atom. The molecule has 1 heterocycles. The summed E-state index contributed by atoms with van der Waals surface area (Å²) in [5.41, 5.74) is 0.828. The predicted octanol–water partition coefficient (Wildman–Crippen LogP) is 3.15. The van der Waals surface area contributed by atoms with Gasteiger partial charge in [-0.1, -0.05) is 6.07 Å². The minimum absolute atomic E-state index is 0.195. The highest BCUT2D eigenvalue weighted by molar-refractivity contribution is 7.92. The standard InChI is InChI=1S/C14H14F3N3O2S/c1-8-6-12(19-18-9(8)2)11-5-4-10(14(15,16)17)7-13(11)20-23(3,21)22/h4-7,20H,1-3H3. The fraction of sp³-hybridized carbons (Fsp3) is 0.286. The monoisotopic (exact) mass is 345 g/mol. The van der Waals surface area contributed by atoms with E-state index in [1.807, 2.05) is 0 Å². The molecule has 0 aliphatic heterocycles. The second kappa shape index (κ2) is 5.80. The number of hydrogen-bond acceptors (Lipinski definition) is 4. The Balaban J connectivity index is 2.64. The third-order valence-electron chi connectivity index (χ3n) is 3.15. The molecular formula is C14H14F3N3O2S. The summed E-state index contributed by atoms with van der Waals surface area (Å²) in [5, 5.41) is 7.84. The van der Waals surface area contributed by atoms with E-state index in [1.54, 1.807) is 19.9 Å². The van der Waals surface area contributed by atoms with Crippen LogP contribution in [0.4, 0.5) is 18.9 Å². The van der Waals surface area contributed by atoms with E-state index in [-0.39, 0.29) is 16.9 Å². The number of sulfonamides is 1. The van der Waals surface area contributed by atoms with Gasteiger partial charge in [0.2, 0.25) is 10.0 Å². The maximum absolute atomic E-state index is 12.8. The minimum Gasteiger partial charge on any atom is -0.283 e. The number of benzene rings is 1. The lowest BCUT2D eigenvalue weighted by Gasteiger charge is -2.14. The van der Waals surface area contributed by atoms with Crippen molar-refractivity contribution in [3.05, 3.63) is 41.1 Å². The van der Waals surface area contributed by atoms with E-state index in [4.69, 9.17) is 0 Å². The van der Waals surface area contributed by atoms with Crippen LogP contribution in [0.1, 0.15) is 16.8 Å². The van der Waals surface area contributed by atoms with Crippen molar-refractivity contribution in [3.8, 4) is 11.3 Å². The van der Waals surface area contributed by atoms with Crippen molar-refractivity contribution < 1.29 is 21.6 Å². The Kier molecular flexibility index (Phi) is 4.34. The number of aryl methyl sites for hydroxylation is 2. The molecule has 0 spiro atoms. The van der Waals surface area contributed by atoms with Crippen LogP contribution in [0.2, 0.25) is 0 Å². The number of aromatic nitrogens is 2. The summed E-state index contributed by atoms with van der Waals surface area (Å²) in [4.78, 5) is 0. The van der Waals surface area contributed by atoms with Gasteiger partial charge >= 0.3 is 6.18 Å². The molecule has 0 bridgehead atoms. The zero-order chi connectivity index (χ0) is 17.4. The molecule has 0 fully saturated rings. The zero-order valence-electron chi connectivity index (χ0n) is 12.6. The maximum Gasteiger partial charge on any atom is 0.416 e. The number of alkyl halides is 3. The molecule has 5 nitrogen and oxygen atoms in total. The summed E-state index contributed by atoms with van der Waals surface area (Å²) >= 11 is 0. The summed E-state index contributed by atoms with van der Waals surface area (Å²) in [6, 6.07) is 4.43. The highest BCUT2D eigenvalue weighted by Crippen LogP contribution is 2.35. The summed E-state index contributed by atoms with van der Waals surface area (Å²) in [6.45, 7) is 3.52. The molecule has 124 valence electrons. The Labute approximate surface area is 131 Å². The van der Waals surface area contributed by atoms with Crippen LogP contribution in [-0.4, -0.2) is 24.9 Å². The molecule has 2 rings (SSSR count). The Bertz CT molecular complexity index is 849. The average molecular weight is 345 g/mol. The molecule has 0 saturated carbocycles. The SMILES string of the molecule is Cc1cc(-c2ccc(C(F)(F)F)cc2NS(C)(=O)=O)nnc1C. The van der Waals surface area contributed by atoms with Gasteiger partial charge in [-0.3, -0.25) is 4.72 Å². The maximum atomic E-state index is 12.8. The van der Waals surface area contributed by atoms with Gasteiger partial charge in [0.05, 0.1) is 28.9 Å². The van der Waals surface area contributed by atoms with Crippen LogP contribution in [0, 0.1) is 13.8 Å². The van der Waals surface area contributed by atoms with Gasteiger partial charge in [0.25, 0.3) is 0 Å². The highest BCUT2D eigenvalue weighted by Gasteiger charge is 2.31. The van der Waals surface area contributed by atoms with Crippen molar-refractivity contribution in [3.63, 3.8) is 0 Å². The molecule has 1 N–H and O–H groups in total. The lowest BCUT2D eigenvalue weighted by molar-refractivity contribution is -0.137. The summed E-state index contributed by atoms with van der Waals surface area (Å²) < 4.78 is 63.5. The Morgan fingerprint density at radius 3 is 2.26 bits per heavy atom. The minimum atomic E-state index is -4.58. The van der Waals surface area contributed by atoms with Gasteiger partial charge in [-0.2, -0.15) is 23.4 Å². The zero-order valence-corrected chi connectivity index (χ0v) is 13.4. The molecule has 2 aromatic rings. The van der Waals surface area contributed by atoms with E-state index >= 15 is 0 Å². The number of hydrogen-bond donors (Lipinski definition) is 1. The number of halogens is 3. The summed E-state index contributed by atoms with van der Waals surface area (Å²) in [6.07, 6.45) is -3.72. The van der Waals surface area contributed by atoms with E-state index in [9.17, 15) is 21.6 Å². The predicted molar refractivity (Wildman–Crippen MR) is 80.4 cm³/mol. The second-order valence-electron chi connectivity index (χ2n) is 5.13. The fourth-order valence-corrected chi connectivity index (χ4v) is 2.47. The molecule has 0 atom stereocenters. The first kappa shape index (κ1) is 17.2. The third kappa shape index (κ3) is 4.19. The van der Waals surface area contributed by atoms with Crippen LogP contribution in [-0.2, 0) is 16.2 Å². The van der Waals surface area contributed by atoms with Gasteiger partial charge in [0.1, 0.15) is 0 Å². The molecule has 0 aliphatic carbocycles. The highest BCUT2D eigenvalue weighted by atomic mass is 32.2. The van der Waals surface area contributed by atoms with E-state index in [0.29, 0.717) is 5.69 Å². The molecule has 0 radical (unpaired) electrons. The van der Waals surface area contributed by atoms with Gasteiger partial charge < -0.3 is 0 Å². The largest absolute Gasteiger partial charge is 0.416 e. The van der Waals surface area contributed by atoms with E-state index in [1.165, 1.54) is 6.07 Å². The topological polar surface area (TPSA) is 72.0 Å². The van der Waals surface area contributed by atoms with Crippen molar-refractivity contribution >= 4 is 15.7 Å². The fourth-order valence-electron chi connectivity index (χ4n) is 1.91. The van der Waals surface area contributed by atoms with Crippen molar-refractivity contribution in [2.75, 3.05) is 11.0 Å². The van der Waals surface area contributed by atoms with Crippen LogP contribution in [0.25, 0.3) is 11.3 Å². The van der Waals surface area contributed by atoms with Gasteiger partial charge in [0.15, 0.2) is 0 Å². The molecule has 0 amide bonds. The Hall–Kier alpha value is -2.16. The smallest absolute Gasteiger partial charge is 0.283 e. The third-order valence-corrected chi connectivity index (χ3v) is 3.74. The second-order valence-corrected chi connectivity index (χ2v) is 6.88. The molecule has 0 unspecified atom stereocenters. The van der Waals surface area contributed by atoms with Crippen molar-refractivity contribution in [2.24, 2.45) is 0 Å². The molecule has 23 heavy (non-hydrogen) atoms. The van der Waals surface area contributed by atoms with Crippen LogP contribution in [0.15, 0.2) is 24.3 Å². The number of anilines is 1. The molecule has 1 aromatic heterocycles. The first-order chi connectivity index (χ1) is 10.5. The van der Waals surface area contributed by atoms with Gasteiger partial charge in [-0.15, -0.1) is 0 Å². The number of rotatable bonds is 3. The molecule has 9 heteroatoms. The molecule has 1 aromatic carbocycles. The first-order valence-corrected chi connectivity index (χ1v) is 8.37. The van der Waals surface area contributed by atoms with Crippen molar-refractivity contribution in [2.45, 2.75) is 20.0 Å². The first-order valence-electron chi connectivity index (χ1n) is 6.48. The van der Waals surface area contributed by atoms with E-state index in [0.717, 1.165) is 24.0 Å². The lowest BCUT2D eigenvalue weighted by Crippen LogP contribution is -2.13. The molecular weight excluding hydrogens is 331 g/mol. The molecule has 0 aliphatic rings. The lowest BCUT2D eigenvalue weighted by atomic mass is 10.0. The van der Waals surface area contributed by atoms with Gasteiger partial charge in [-0.25, -0.2) is 8.42 Å². The van der Waals surface area contributed by atoms with Gasteiger partial charge in [0, 0.05) is 5.56 Å². The number of nitrogens with one attached hydrogen (secondary N) is 1. The van der Waals surface area contributed by atoms with Crippen LogP contribution >= 0.6 is 0 Å². The quantitative estimate of drug-likeness (QED) is 0.927. The summed E-state index contributed by atoms with van der Waals surface area (Å²) in [5.74, 6) is 0.